The molecule has 4 heteroatoms. The van der Waals surface area contributed by atoms with E-state index in [1.54, 1.807) is 0 Å². The van der Waals surface area contributed by atoms with Gasteiger partial charge in [-0.25, -0.2) is 0 Å². The number of hydrogen-bond donors (Lipinski definition) is 3. The Balaban J connectivity index is 3.61. The summed E-state index contributed by atoms with van der Waals surface area (Å²) in [5, 5.41) is 22.9. The minimum absolute atomic E-state index is 0.0431. The zero-order valence-electron chi connectivity index (χ0n) is 25.7. The lowest BCUT2D eigenvalue weighted by molar-refractivity contribution is -0.123. The molecule has 0 aliphatic rings. The molecule has 0 fully saturated rings. The zero-order valence-corrected chi connectivity index (χ0v) is 25.7. The van der Waals surface area contributed by atoms with Crippen LogP contribution >= 0.6 is 0 Å². The molecule has 0 aliphatic carbocycles. The Morgan fingerprint density at radius 1 is 0.605 bits per heavy atom. The highest BCUT2D eigenvalue weighted by Crippen LogP contribution is 2.13. The van der Waals surface area contributed by atoms with Crippen molar-refractivity contribution in [1.29, 1.82) is 0 Å². The molecule has 3 N–H and O–H groups in total. The number of allylic oxidation sites excluding steroid dienone is 2. The van der Waals surface area contributed by atoms with Crippen molar-refractivity contribution in [3.8, 4) is 0 Å². The second-order valence-corrected chi connectivity index (χ2v) is 11.6. The van der Waals surface area contributed by atoms with Crippen LogP contribution in [0.25, 0.3) is 0 Å². The van der Waals surface area contributed by atoms with Crippen LogP contribution in [0.4, 0.5) is 0 Å². The summed E-state index contributed by atoms with van der Waals surface area (Å²) in [5.41, 5.74) is 0. The fourth-order valence-corrected chi connectivity index (χ4v) is 5.12. The fourth-order valence-electron chi connectivity index (χ4n) is 5.12. The van der Waals surface area contributed by atoms with Gasteiger partial charge in [-0.3, -0.25) is 4.79 Å². The van der Waals surface area contributed by atoms with Gasteiger partial charge in [-0.2, -0.15) is 0 Å². The number of aliphatic hydroxyl groups is 2. The number of rotatable bonds is 30. The van der Waals surface area contributed by atoms with Crippen molar-refractivity contribution in [2.45, 2.75) is 193 Å². The van der Waals surface area contributed by atoms with E-state index < -0.39 is 12.1 Å². The van der Waals surface area contributed by atoms with Gasteiger partial charge >= 0.3 is 0 Å². The van der Waals surface area contributed by atoms with Gasteiger partial charge in [0.25, 0.3) is 0 Å². The molecule has 0 saturated heterocycles. The van der Waals surface area contributed by atoms with E-state index in [0.717, 1.165) is 32.1 Å². The van der Waals surface area contributed by atoms with Gasteiger partial charge in [0.2, 0.25) is 5.91 Å². The van der Waals surface area contributed by atoms with Crippen molar-refractivity contribution in [2.75, 3.05) is 6.61 Å². The van der Waals surface area contributed by atoms with E-state index >= 15 is 0 Å². The highest BCUT2D eigenvalue weighted by atomic mass is 16.3. The van der Waals surface area contributed by atoms with Gasteiger partial charge in [0.05, 0.1) is 18.8 Å². The number of hydrogen-bond acceptors (Lipinski definition) is 3. The first-order valence-electron chi connectivity index (χ1n) is 16.9. The SMILES string of the molecule is CCCCCCCCCCC/C=C/CCCC[C@@H](O)[C@H](CO)NC(=O)CCCCCCCCCCCCC. The minimum Gasteiger partial charge on any atom is -0.394 e. The van der Waals surface area contributed by atoms with Crippen LogP contribution in [0.2, 0.25) is 0 Å². The molecule has 38 heavy (non-hydrogen) atoms. The number of amides is 1. The van der Waals surface area contributed by atoms with E-state index in [9.17, 15) is 15.0 Å². The summed E-state index contributed by atoms with van der Waals surface area (Å²) in [6, 6.07) is -0.544. The van der Waals surface area contributed by atoms with Crippen LogP contribution in [0.3, 0.4) is 0 Å². The summed E-state index contributed by atoms with van der Waals surface area (Å²) in [6.07, 6.45) is 35.4. The number of carbonyl (C=O) groups excluding carboxylic acids is 1. The topological polar surface area (TPSA) is 69.6 Å². The summed E-state index contributed by atoms with van der Waals surface area (Å²) >= 11 is 0. The second kappa shape index (κ2) is 30.7. The van der Waals surface area contributed by atoms with Crippen LogP contribution in [0.1, 0.15) is 181 Å². The molecule has 0 radical (unpaired) electrons. The Kier molecular flexibility index (Phi) is 30.0. The molecule has 0 heterocycles. The molecule has 226 valence electrons. The summed E-state index contributed by atoms with van der Waals surface area (Å²) in [7, 11) is 0. The third kappa shape index (κ3) is 26.7. The average Bonchev–Trinajstić information content (AvgIpc) is 2.92. The third-order valence-corrected chi connectivity index (χ3v) is 7.78. The van der Waals surface area contributed by atoms with E-state index in [-0.39, 0.29) is 12.5 Å². The molecule has 0 saturated carbocycles. The van der Waals surface area contributed by atoms with Crippen LogP contribution in [0.15, 0.2) is 12.2 Å². The first-order valence-corrected chi connectivity index (χ1v) is 16.9. The Morgan fingerprint density at radius 2 is 1.00 bits per heavy atom. The van der Waals surface area contributed by atoms with Gasteiger partial charge in [0.1, 0.15) is 0 Å². The van der Waals surface area contributed by atoms with Crippen molar-refractivity contribution < 1.29 is 15.0 Å². The zero-order chi connectivity index (χ0) is 27.9. The smallest absolute Gasteiger partial charge is 0.220 e. The lowest BCUT2D eigenvalue weighted by Crippen LogP contribution is -2.45. The Morgan fingerprint density at radius 3 is 1.45 bits per heavy atom. The predicted octanol–water partition coefficient (Wildman–Crippen LogP) is 9.56. The van der Waals surface area contributed by atoms with Crippen LogP contribution in [0, 0.1) is 0 Å². The fraction of sp³-hybridized carbons (Fsp3) is 0.912. The van der Waals surface area contributed by atoms with Gasteiger partial charge in [-0.15, -0.1) is 0 Å². The molecule has 0 spiro atoms. The standard InChI is InChI=1S/C34H67NO3/c1-3-5-7-9-11-13-15-16-17-18-20-21-23-25-27-29-33(37)32(31-36)35-34(38)30-28-26-24-22-19-14-12-10-8-6-4-2/h20-21,32-33,36-37H,3-19,22-31H2,1-2H3,(H,35,38)/b21-20+/t32-,33+/m0/s1. The number of carbonyl (C=O) groups is 1. The van der Waals surface area contributed by atoms with E-state index in [1.807, 2.05) is 0 Å². The van der Waals surface area contributed by atoms with E-state index in [4.69, 9.17) is 0 Å². The summed E-state index contributed by atoms with van der Waals surface area (Å²) in [4.78, 5) is 12.2. The second-order valence-electron chi connectivity index (χ2n) is 11.6. The summed E-state index contributed by atoms with van der Waals surface area (Å²) < 4.78 is 0. The highest BCUT2D eigenvalue weighted by Gasteiger charge is 2.19. The molecular weight excluding hydrogens is 470 g/mol. The van der Waals surface area contributed by atoms with Crippen molar-refractivity contribution >= 4 is 5.91 Å². The van der Waals surface area contributed by atoms with Crippen molar-refractivity contribution in [3.05, 3.63) is 12.2 Å². The molecule has 0 aromatic heterocycles. The van der Waals surface area contributed by atoms with Gasteiger partial charge in [-0.05, 0) is 38.5 Å². The van der Waals surface area contributed by atoms with Gasteiger partial charge in [0, 0.05) is 6.42 Å². The molecule has 4 nitrogen and oxygen atoms in total. The van der Waals surface area contributed by atoms with Gasteiger partial charge in [-0.1, -0.05) is 148 Å². The van der Waals surface area contributed by atoms with E-state index in [2.05, 4.69) is 31.3 Å². The molecular formula is C34H67NO3. The maximum atomic E-state index is 12.2. The maximum Gasteiger partial charge on any atom is 0.220 e. The largest absolute Gasteiger partial charge is 0.394 e. The monoisotopic (exact) mass is 538 g/mol. The molecule has 2 atom stereocenters. The van der Waals surface area contributed by atoms with Gasteiger partial charge < -0.3 is 15.5 Å². The van der Waals surface area contributed by atoms with Crippen molar-refractivity contribution in [2.24, 2.45) is 0 Å². The minimum atomic E-state index is -0.674. The first kappa shape index (κ1) is 37.1. The molecule has 0 aromatic rings. The van der Waals surface area contributed by atoms with Crippen molar-refractivity contribution in [1.82, 2.24) is 5.32 Å². The molecule has 0 aliphatic heterocycles. The van der Waals surface area contributed by atoms with Gasteiger partial charge in [0.15, 0.2) is 0 Å². The first-order chi connectivity index (χ1) is 18.7. The molecule has 1 amide bonds. The van der Waals surface area contributed by atoms with E-state index in [0.29, 0.717) is 12.8 Å². The van der Waals surface area contributed by atoms with Crippen molar-refractivity contribution in [3.63, 3.8) is 0 Å². The number of nitrogens with one attached hydrogen (secondary N) is 1. The number of aliphatic hydroxyl groups excluding tert-OH is 2. The van der Waals surface area contributed by atoms with Crippen LogP contribution in [-0.2, 0) is 4.79 Å². The number of unbranched alkanes of at least 4 members (excludes halogenated alkanes) is 21. The van der Waals surface area contributed by atoms with E-state index in [1.165, 1.54) is 122 Å². The quantitative estimate of drug-likeness (QED) is 0.0631. The van der Waals surface area contributed by atoms with Crippen LogP contribution < -0.4 is 5.32 Å². The summed E-state index contributed by atoms with van der Waals surface area (Å²) in [6.45, 7) is 4.32. The lowest BCUT2D eigenvalue weighted by Gasteiger charge is -2.22. The molecule has 0 unspecified atom stereocenters. The molecule has 0 aromatic carbocycles. The Hall–Kier alpha value is -0.870. The highest BCUT2D eigenvalue weighted by molar-refractivity contribution is 5.76. The lowest BCUT2D eigenvalue weighted by atomic mass is 10.0. The Bertz CT molecular complexity index is 508. The molecule has 0 bridgehead atoms. The molecule has 0 rings (SSSR count). The maximum absolute atomic E-state index is 12.2. The third-order valence-electron chi connectivity index (χ3n) is 7.78. The summed E-state index contributed by atoms with van der Waals surface area (Å²) in [5.74, 6) is -0.0431. The van der Waals surface area contributed by atoms with Crippen LogP contribution in [0.5, 0.6) is 0 Å². The Labute approximate surface area is 237 Å². The predicted molar refractivity (Wildman–Crippen MR) is 166 cm³/mol. The van der Waals surface area contributed by atoms with Crippen LogP contribution in [-0.4, -0.2) is 34.9 Å². The normalized spacial score (nSPS) is 13.3. The average molecular weight is 538 g/mol.